The molecule has 0 atom stereocenters. The van der Waals surface area contributed by atoms with E-state index in [1.54, 1.807) is 42.9 Å². The highest BCUT2D eigenvalue weighted by molar-refractivity contribution is 14.1. The van der Waals surface area contributed by atoms with E-state index < -0.39 is 11.2 Å². The number of aromatic nitrogens is 6. The van der Waals surface area contributed by atoms with Crippen LogP contribution >= 0.6 is 54.5 Å². The summed E-state index contributed by atoms with van der Waals surface area (Å²) < 4.78 is 17.8. The van der Waals surface area contributed by atoms with Gasteiger partial charge in [0.1, 0.15) is 11.2 Å². The summed E-state index contributed by atoms with van der Waals surface area (Å²) >= 11 is 9.13. The highest BCUT2D eigenvalue weighted by atomic mass is 127. The number of carbonyl (C=O) groups is 2. The van der Waals surface area contributed by atoms with Gasteiger partial charge in [-0.25, -0.2) is 19.2 Å². The van der Waals surface area contributed by atoms with Crippen LogP contribution in [0.25, 0.3) is 43.9 Å². The van der Waals surface area contributed by atoms with Crippen molar-refractivity contribution in [3.63, 3.8) is 0 Å². The van der Waals surface area contributed by atoms with Crippen LogP contribution in [0.4, 0.5) is 9.59 Å². The number of hydrogen-bond donors (Lipinski definition) is 1. The minimum Gasteiger partial charge on any atom is -0.444 e. The first-order valence-electron chi connectivity index (χ1n) is 17.6. The SMILES string of the molecule is CC(C)(C)OC(=O)N1CC(n2c(=O)[nH]c3cnc4ccc(Br)cc4c32)C1.CI.Cn1c(=O)n(C2CN(C(=O)OC(C)(C)C)C2)c2c3cc(Br)ccc3ncc21. The summed E-state index contributed by atoms with van der Waals surface area (Å²) in [6, 6.07) is 11.4. The molecule has 2 aliphatic heterocycles. The molecule has 0 aliphatic carbocycles. The summed E-state index contributed by atoms with van der Waals surface area (Å²) in [5.41, 5.74) is 3.41. The molecular weight excluding hydrogens is 951 g/mol. The predicted molar refractivity (Wildman–Crippen MR) is 229 cm³/mol. The average Bonchev–Trinajstić information content (AvgIpc) is 3.52. The number of nitrogens with zero attached hydrogens (tertiary/aromatic N) is 7. The van der Waals surface area contributed by atoms with Crippen LogP contribution in [0.5, 0.6) is 0 Å². The van der Waals surface area contributed by atoms with Crippen LogP contribution in [0.3, 0.4) is 0 Å². The summed E-state index contributed by atoms with van der Waals surface area (Å²) in [5, 5.41) is 1.81. The molecule has 0 unspecified atom stereocenters. The van der Waals surface area contributed by atoms with Crippen molar-refractivity contribution in [3.8, 4) is 0 Å². The number of fused-ring (bicyclic) bond motifs is 6. The van der Waals surface area contributed by atoms with E-state index in [2.05, 4.69) is 69.4 Å². The van der Waals surface area contributed by atoms with Gasteiger partial charge in [-0.3, -0.25) is 23.7 Å². The molecule has 55 heavy (non-hydrogen) atoms. The highest BCUT2D eigenvalue weighted by Crippen LogP contribution is 2.32. The van der Waals surface area contributed by atoms with Gasteiger partial charge >= 0.3 is 23.6 Å². The Bertz CT molecular complexity index is 2550. The summed E-state index contributed by atoms with van der Waals surface area (Å²) in [7, 11) is 1.75. The minimum absolute atomic E-state index is 0.0849. The molecule has 14 nitrogen and oxygen atoms in total. The van der Waals surface area contributed by atoms with Crippen LogP contribution < -0.4 is 11.4 Å². The fourth-order valence-electron chi connectivity index (χ4n) is 6.65. The van der Waals surface area contributed by atoms with E-state index in [0.717, 1.165) is 47.3 Å². The normalized spacial score (nSPS) is 15.0. The molecule has 0 saturated carbocycles. The third kappa shape index (κ3) is 8.28. The second-order valence-corrected chi connectivity index (χ2v) is 17.3. The molecule has 17 heteroatoms. The van der Waals surface area contributed by atoms with E-state index in [0.29, 0.717) is 31.7 Å². The molecule has 0 radical (unpaired) electrons. The monoisotopic (exact) mass is 992 g/mol. The molecule has 8 rings (SSSR count). The third-order valence-corrected chi connectivity index (χ3v) is 10.1. The zero-order valence-corrected chi connectivity index (χ0v) is 37.1. The van der Waals surface area contributed by atoms with Crippen molar-refractivity contribution in [1.29, 1.82) is 0 Å². The van der Waals surface area contributed by atoms with Crippen molar-refractivity contribution >= 4 is 111 Å². The van der Waals surface area contributed by atoms with Crippen molar-refractivity contribution in [3.05, 3.63) is 78.7 Å². The first kappa shape index (κ1) is 40.7. The van der Waals surface area contributed by atoms with E-state index in [1.165, 1.54) is 0 Å². The highest BCUT2D eigenvalue weighted by Gasteiger charge is 2.38. The fraction of sp³-hybridized carbons (Fsp3) is 0.421. The smallest absolute Gasteiger partial charge is 0.410 e. The van der Waals surface area contributed by atoms with Crippen molar-refractivity contribution in [2.45, 2.75) is 64.8 Å². The molecule has 4 aromatic heterocycles. The number of hydrogen-bond acceptors (Lipinski definition) is 8. The van der Waals surface area contributed by atoms with Crippen molar-refractivity contribution in [2.75, 3.05) is 31.1 Å². The summed E-state index contributed by atoms with van der Waals surface area (Å²) in [6.07, 6.45) is 2.71. The van der Waals surface area contributed by atoms with Gasteiger partial charge in [0.15, 0.2) is 0 Å². The van der Waals surface area contributed by atoms with Crippen LogP contribution in [0.1, 0.15) is 53.6 Å². The van der Waals surface area contributed by atoms with Crippen molar-refractivity contribution in [2.24, 2.45) is 7.05 Å². The van der Waals surface area contributed by atoms with Gasteiger partial charge in [0.2, 0.25) is 0 Å². The minimum atomic E-state index is -0.535. The van der Waals surface area contributed by atoms with E-state index in [1.807, 2.05) is 82.9 Å². The Morgan fingerprint density at radius 3 is 1.69 bits per heavy atom. The Morgan fingerprint density at radius 2 is 1.20 bits per heavy atom. The standard InChI is InChI=1S/C19H21BrN4O3.C18H19BrN4O3.CH3I/c1-19(2,3)27-18(26)23-9-12(10-23)24-16-13-7-11(20)5-6-14(13)21-8-15(16)22(4)17(24)25;1-18(2,3)26-17(25)22-8-11(9-22)23-15-12-6-10(19)4-5-13(12)20-7-14(15)21-16(23)24;1-2/h5-8,12H,9-10H2,1-4H3;4-7,11H,8-9H2,1-3H3,(H,21,24);1H3. The molecule has 1 N–H and O–H groups in total. The maximum atomic E-state index is 12.9. The molecule has 2 fully saturated rings. The molecule has 0 bridgehead atoms. The number of alkyl halides is 1. The second-order valence-electron chi connectivity index (χ2n) is 15.4. The number of likely N-dealkylation sites (tertiary alicyclic amines) is 2. The van der Waals surface area contributed by atoms with Gasteiger partial charge in [0.25, 0.3) is 0 Å². The molecule has 6 heterocycles. The van der Waals surface area contributed by atoms with Crippen LogP contribution in [0.2, 0.25) is 0 Å². The average molecular weight is 995 g/mol. The summed E-state index contributed by atoms with van der Waals surface area (Å²) in [4.78, 5) is 66.8. The zero-order valence-electron chi connectivity index (χ0n) is 31.8. The number of imidazole rings is 2. The Hall–Kier alpha value is -3.97. The van der Waals surface area contributed by atoms with Crippen LogP contribution in [-0.4, -0.2) is 93.0 Å². The first-order valence-corrected chi connectivity index (χ1v) is 21.3. The molecule has 2 amide bonds. The lowest BCUT2D eigenvalue weighted by molar-refractivity contribution is 0.000349. The summed E-state index contributed by atoms with van der Waals surface area (Å²) in [6.45, 7) is 12.8. The Morgan fingerprint density at radius 1 is 0.745 bits per heavy atom. The first-order chi connectivity index (χ1) is 25.9. The van der Waals surface area contributed by atoms with Gasteiger partial charge in [-0.05, 0) is 82.9 Å². The Balaban J connectivity index is 0.000000179. The van der Waals surface area contributed by atoms with E-state index >= 15 is 0 Å². The van der Waals surface area contributed by atoms with Gasteiger partial charge in [-0.2, -0.15) is 0 Å². The fourth-order valence-corrected chi connectivity index (χ4v) is 7.38. The number of ether oxygens (including phenoxy) is 2. The van der Waals surface area contributed by atoms with Gasteiger partial charge < -0.3 is 24.3 Å². The molecule has 292 valence electrons. The van der Waals surface area contributed by atoms with Crippen molar-refractivity contribution in [1.82, 2.24) is 38.5 Å². The molecular formula is C38H43Br2IN8O6. The van der Waals surface area contributed by atoms with Gasteiger partial charge in [0, 0.05) is 52.9 Å². The third-order valence-electron chi connectivity index (χ3n) is 9.14. The number of H-pyrrole nitrogens is 1. The van der Waals surface area contributed by atoms with Gasteiger partial charge in [-0.1, -0.05) is 54.5 Å². The number of aromatic amines is 1. The predicted octanol–water partition coefficient (Wildman–Crippen LogP) is 7.93. The topological polar surface area (TPSA) is 150 Å². The lowest BCUT2D eigenvalue weighted by Gasteiger charge is -2.40. The maximum absolute atomic E-state index is 12.9. The van der Waals surface area contributed by atoms with Crippen molar-refractivity contribution < 1.29 is 19.1 Å². The molecule has 2 saturated heterocycles. The molecule has 6 aromatic rings. The summed E-state index contributed by atoms with van der Waals surface area (Å²) in [5.74, 6) is 0. The molecule has 2 aromatic carbocycles. The number of amides is 2. The van der Waals surface area contributed by atoms with E-state index in [9.17, 15) is 19.2 Å². The lowest BCUT2D eigenvalue weighted by atomic mass is 10.1. The maximum Gasteiger partial charge on any atom is 0.410 e. The second kappa shape index (κ2) is 15.5. The molecule has 0 spiro atoms. The lowest BCUT2D eigenvalue weighted by Crippen LogP contribution is -2.53. The number of nitrogens with one attached hydrogen (secondary N) is 1. The van der Waals surface area contributed by atoms with E-state index in [4.69, 9.17) is 9.47 Å². The number of benzene rings is 2. The van der Waals surface area contributed by atoms with Crippen LogP contribution in [-0.2, 0) is 16.5 Å². The van der Waals surface area contributed by atoms with Crippen LogP contribution in [0, 0.1) is 0 Å². The Kier molecular flexibility index (Phi) is 11.5. The number of rotatable bonds is 2. The number of halogens is 3. The molecule has 2 aliphatic rings. The number of aryl methyl sites for hydroxylation is 1. The zero-order chi connectivity index (χ0) is 40.1. The van der Waals surface area contributed by atoms with Gasteiger partial charge in [-0.15, -0.1) is 0 Å². The number of pyridine rings is 2. The van der Waals surface area contributed by atoms with Crippen LogP contribution in [0.15, 0.2) is 67.3 Å². The largest absolute Gasteiger partial charge is 0.444 e. The van der Waals surface area contributed by atoms with E-state index in [-0.39, 0.29) is 35.6 Å². The quantitative estimate of drug-likeness (QED) is 0.136. The number of carbonyl (C=O) groups excluding carboxylic acids is 2. The van der Waals surface area contributed by atoms with Gasteiger partial charge in [0.05, 0.1) is 57.6 Å². The Labute approximate surface area is 347 Å².